The third kappa shape index (κ3) is 3.53. The van der Waals surface area contributed by atoms with Crippen LogP contribution in [-0.2, 0) is 6.18 Å². The van der Waals surface area contributed by atoms with E-state index in [1.54, 1.807) is 29.2 Å². The normalized spacial score (nSPS) is 18.0. The second-order valence-corrected chi connectivity index (χ2v) is 6.09. The quantitative estimate of drug-likeness (QED) is 0.817. The maximum Gasteiger partial charge on any atom is 0.418 e. The van der Waals surface area contributed by atoms with Gasteiger partial charge >= 0.3 is 6.18 Å². The monoisotopic (exact) mass is 356 g/mol. The Morgan fingerprint density at radius 3 is 2.62 bits per heavy atom. The van der Waals surface area contributed by atoms with Crippen molar-refractivity contribution in [3.63, 3.8) is 0 Å². The fraction of sp³-hybridized carbons (Fsp3) is 0.294. The average Bonchev–Trinajstić information content (AvgIpc) is 2.98. The van der Waals surface area contributed by atoms with E-state index < -0.39 is 11.7 Å². The first-order chi connectivity index (χ1) is 11.3. The van der Waals surface area contributed by atoms with Gasteiger partial charge in [-0.2, -0.15) is 13.2 Å². The highest BCUT2D eigenvalue weighted by atomic mass is 35.5. The van der Waals surface area contributed by atoms with Crippen LogP contribution in [0.5, 0.6) is 5.75 Å². The summed E-state index contributed by atoms with van der Waals surface area (Å²) in [5.41, 5.74) is 5.72. The number of hydrogen-bond donors (Lipinski definition) is 1. The Bertz CT molecular complexity index is 736. The molecule has 0 radical (unpaired) electrons. The average molecular weight is 357 g/mol. The van der Waals surface area contributed by atoms with Gasteiger partial charge in [0, 0.05) is 24.3 Å². The van der Waals surface area contributed by atoms with Crippen molar-refractivity contribution in [2.75, 3.05) is 23.7 Å². The van der Waals surface area contributed by atoms with E-state index in [4.69, 9.17) is 22.1 Å². The van der Waals surface area contributed by atoms with Crippen molar-refractivity contribution in [2.24, 2.45) is 0 Å². The summed E-state index contributed by atoms with van der Waals surface area (Å²) in [6.45, 7) is 0.859. The topological polar surface area (TPSA) is 38.5 Å². The van der Waals surface area contributed by atoms with Crippen LogP contribution >= 0.6 is 11.6 Å². The Morgan fingerprint density at radius 2 is 1.92 bits per heavy atom. The summed E-state index contributed by atoms with van der Waals surface area (Å²) in [6.07, 6.45) is -3.99. The molecule has 128 valence electrons. The Morgan fingerprint density at radius 1 is 1.17 bits per heavy atom. The molecule has 3 nitrogen and oxygen atoms in total. The van der Waals surface area contributed by atoms with E-state index in [2.05, 4.69) is 0 Å². The number of nitrogens with zero attached hydrogens (tertiary/aromatic N) is 1. The molecule has 1 aliphatic heterocycles. The molecule has 2 aromatic rings. The van der Waals surface area contributed by atoms with Gasteiger partial charge in [-0.05, 0) is 30.3 Å². The molecule has 0 unspecified atom stereocenters. The van der Waals surface area contributed by atoms with Gasteiger partial charge < -0.3 is 15.4 Å². The number of nitrogens with two attached hydrogens (primary N) is 1. The van der Waals surface area contributed by atoms with Gasteiger partial charge in [0.2, 0.25) is 0 Å². The summed E-state index contributed by atoms with van der Waals surface area (Å²) < 4.78 is 45.3. The van der Waals surface area contributed by atoms with E-state index in [0.29, 0.717) is 36.0 Å². The number of hydrogen-bond acceptors (Lipinski definition) is 3. The minimum Gasteiger partial charge on any atom is -0.487 e. The summed E-state index contributed by atoms with van der Waals surface area (Å²) in [5, 5.41) is 0.393. The predicted molar refractivity (Wildman–Crippen MR) is 88.6 cm³/mol. The maximum absolute atomic E-state index is 13.1. The molecule has 1 atom stereocenters. The summed E-state index contributed by atoms with van der Waals surface area (Å²) in [6, 6.07) is 10.5. The lowest BCUT2D eigenvalue weighted by Crippen LogP contribution is -2.26. The summed E-state index contributed by atoms with van der Waals surface area (Å²) in [7, 11) is 0. The molecule has 7 heteroatoms. The zero-order chi connectivity index (χ0) is 17.3. The van der Waals surface area contributed by atoms with Crippen molar-refractivity contribution >= 4 is 23.0 Å². The Hall–Kier alpha value is -2.08. The van der Waals surface area contributed by atoms with Gasteiger partial charge in [-0.25, -0.2) is 0 Å². The zero-order valence-electron chi connectivity index (χ0n) is 12.7. The van der Waals surface area contributed by atoms with E-state index in [1.165, 1.54) is 12.1 Å². The van der Waals surface area contributed by atoms with Crippen LogP contribution in [0.4, 0.5) is 24.5 Å². The summed E-state index contributed by atoms with van der Waals surface area (Å²) >= 11 is 6.08. The van der Waals surface area contributed by atoms with E-state index in [-0.39, 0.29) is 11.8 Å². The molecule has 1 fully saturated rings. The number of rotatable bonds is 3. The first-order valence-electron chi connectivity index (χ1n) is 7.47. The van der Waals surface area contributed by atoms with Gasteiger partial charge in [-0.3, -0.25) is 0 Å². The summed E-state index contributed by atoms with van der Waals surface area (Å²) in [4.78, 5) is 1.69. The highest BCUT2D eigenvalue weighted by molar-refractivity contribution is 6.32. The van der Waals surface area contributed by atoms with Gasteiger partial charge in [-0.15, -0.1) is 0 Å². The lowest BCUT2D eigenvalue weighted by atomic mass is 10.1. The lowest BCUT2D eigenvalue weighted by molar-refractivity contribution is -0.137. The van der Waals surface area contributed by atoms with Crippen molar-refractivity contribution in [3.8, 4) is 5.75 Å². The fourth-order valence-electron chi connectivity index (χ4n) is 2.82. The van der Waals surface area contributed by atoms with Crippen LogP contribution in [0.2, 0.25) is 5.02 Å². The van der Waals surface area contributed by atoms with Crippen LogP contribution in [0.15, 0.2) is 42.5 Å². The number of para-hydroxylation sites is 1. The minimum absolute atomic E-state index is 0.180. The van der Waals surface area contributed by atoms with Crippen LogP contribution in [0.1, 0.15) is 12.0 Å². The molecule has 0 spiro atoms. The third-order valence-electron chi connectivity index (χ3n) is 3.94. The van der Waals surface area contributed by atoms with Crippen molar-refractivity contribution in [3.05, 3.63) is 53.1 Å². The molecule has 1 saturated heterocycles. The molecule has 1 aliphatic rings. The molecule has 2 N–H and O–H groups in total. The molecule has 3 rings (SSSR count). The molecule has 0 bridgehead atoms. The van der Waals surface area contributed by atoms with Crippen molar-refractivity contribution in [1.82, 2.24) is 0 Å². The highest BCUT2D eigenvalue weighted by Gasteiger charge is 2.36. The van der Waals surface area contributed by atoms with Gasteiger partial charge in [0.05, 0.1) is 17.1 Å². The minimum atomic E-state index is -4.38. The molecular weight excluding hydrogens is 341 g/mol. The smallest absolute Gasteiger partial charge is 0.418 e. The van der Waals surface area contributed by atoms with Crippen LogP contribution in [0.25, 0.3) is 0 Å². The maximum atomic E-state index is 13.1. The van der Waals surface area contributed by atoms with Gasteiger partial charge in [-0.1, -0.05) is 23.7 Å². The van der Waals surface area contributed by atoms with Crippen LogP contribution < -0.4 is 15.4 Å². The first-order valence-corrected chi connectivity index (χ1v) is 7.85. The summed E-state index contributed by atoms with van der Waals surface area (Å²) in [5.74, 6) is 0.488. The standard InChI is InChI=1S/C17H16ClF3N2O/c18-14-9-11(22)5-6-16(14)24-12-7-8-23(10-12)15-4-2-1-3-13(15)17(19,20)21/h1-6,9,12H,7-8,10,22H2/t12-/m0/s1. The van der Waals surface area contributed by atoms with Crippen LogP contribution in [-0.4, -0.2) is 19.2 Å². The Kier molecular flexibility index (Phi) is 4.49. The number of halogens is 4. The number of anilines is 2. The van der Waals surface area contributed by atoms with Crippen molar-refractivity contribution in [1.29, 1.82) is 0 Å². The SMILES string of the molecule is Nc1ccc(O[C@H]2CCN(c3ccccc3C(F)(F)F)C2)c(Cl)c1. The molecule has 2 aromatic carbocycles. The second-order valence-electron chi connectivity index (χ2n) is 5.68. The highest BCUT2D eigenvalue weighted by Crippen LogP contribution is 2.38. The van der Waals surface area contributed by atoms with Crippen molar-refractivity contribution < 1.29 is 17.9 Å². The number of ether oxygens (including phenoxy) is 1. The predicted octanol–water partition coefficient (Wildman–Crippen LogP) is 4.60. The fourth-order valence-corrected chi connectivity index (χ4v) is 3.06. The van der Waals surface area contributed by atoms with Crippen LogP contribution in [0, 0.1) is 0 Å². The molecular formula is C17H16ClF3N2O. The molecule has 0 amide bonds. The molecule has 0 aliphatic carbocycles. The van der Waals surface area contributed by atoms with Gasteiger partial charge in [0.15, 0.2) is 0 Å². The van der Waals surface area contributed by atoms with Gasteiger partial charge in [0.1, 0.15) is 11.9 Å². The molecule has 0 aromatic heterocycles. The van der Waals surface area contributed by atoms with E-state index in [9.17, 15) is 13.2 Å². The largest absolute Gasteiger partial charge is 0.487 e. The second kappa shape index (κ2) is 6.43. The number of alkyl halides is 3. The number of benzene rings is 2. The van der Waals surface area contributed by atoms with E-state index in [0.717, 1.165) is 6.07 Å². The molecule has 1 heterocycles. The van der Waals surface area contributed by atoms with E-state index in [1.807, 2.05) is 0 Å². The Balaban J connectivity index is 1.74. The molecule has 0 saturated carbocycles. The van der Waals surface area contributed by atoms with Crippen molar-refractivity contribution in [2.45, 2.75) is 18.7 Å². The molecule has 24 heavy (non-hydrogen) atoms. The third-order valence-corrected chi connectivity index (χ3v) is 4.24. The van der Waals surface area contributed by atoms with Gasteiger partial charge in [0.25, 0.3) is 0 Å². The lowest BCUT2D eigenvalue weighted by Gasteiger charge is -2.23. The zero-order valence-corrected chi connectivity index (χ0v) is 13.4. The van der Waals surface area contributed by atoms with E-state index >= 15 is 0 Å². The number of nitrogen functional groups attached to an aromatic ring is 1. The first kappa shape index (κ1) is 16.8. The van der Waals surface area contributed by atoms with Crippen LogP contribution in [0.3, 0.4) is 0 Å². The Labute approximate surface area is 142 Å².